The Morgan fingerprint density at radius 1 is 1.28 bits per heavy atom. The minimum Gasteiger partial charge on any atom is -0.384 e. The molecule has 0 saturated heterocycles. The molecule has 0 saturated carbocycles. The third-order valence-electron chi connectivity index (χ3n) is 2.35. The van der Waals surface area contributed by atoms with E-state index in [-0.39, 0.29) is 17.4 Å². The molecule has 0 fully saturated rings. The minimum atomic E-state index is -0.273. The van der Waals surface area contributed by atoms with Gasteiger partial charge in [0.1, 0.15) is 5.84 Å². The summed E-state index contributed by atoms with van der Waals surface area (Å²) in [5.41, 5.74) is 6.49. The highest BCUT2D eigenvalue weighted by molar-refractivity contribution is 5.96. The van der Waals surface area contributed by atoms with Crippen molar-refractivity contribution in [3.05, 3.63) is 29.8 Å². The van der Waals surface area contributed by atoms with Gasteiger partial charge in [-0.15, -0.1) is 0 Å². The van der Waals surface area contributed by atoms with E-state index in [1.165, 1.54) is 4.90 Å². The molecule has 0 aliphatic rings. The second-order valence-electron chi connectivity index (χ2n) is 5.20. The number of nitrogens with zero attached hydrogens (tertiary/aromatic N) is 1. The molecule has 0 atom stereocenters. The average Bonchev–Trinajstić information content (AvgIpc) is 2.26. The first-order chi connectivity index (χ1) is 8.20. The zero-order chi connectivity index (χ0) is 13.9. The summed E-state index contributed by atoms with van der Waals surface area (Å²) in [6, 6.07) is 6.80. The molecular weight excluding hydrogens is 228 g/mol. The predicted octanol–water partition coefficient (Wildman–Crippen LogP) is 1.91. The summed E-state index contributed by atoms with van der Waals surface area (Å²) in [5.74, 6) is 0.0170. The Morgan fingerprint density at radius 3 is 2.17 bits per heavy atom. The van der Waals surface area contributed by atoms with Crippen molar-refractivity contribution in [3.63, 3.8) is 0 Å². The lowest BCUT2D eigenvalue weighted by Gasteiger charge is -2.25. The van der Waals surface area contributed by atoms with Crippen molar-refractivity contribution in [2.45, 2.75) is 26.3 Å². The van der Waals surface area contributed by atoms with Gasteiger partial charge in [-0.25, -0.2) is 4.79 Å². The van der Waals surface area contributed by atoms with E-state index >= 15 is 0 Å². The normalized spacial score (nSPS) is 10.9. The standard InChI is InChI=1S/C13H20N4O/c1-13(2,3)16-12(18)17(4)10-7-5-9(6-8-10)11(14)15/h5-8H,1-4H3,(H3,14,15)(H,16,18). The molecule has 0 radical (unpaired) electrons. The van der Waals surface area contributed by atoms with Crippen molar-refractivity contribution in [2.24, 2.45) is 5.73 Å². The van der Waals surface area contributed by atoms with Crippen LogP contribution in [0.5, 0.6) is 0 Å². The molecule has 4 N–H and O–H groups in total. The fraction of sp³-hybridized carbons (Fsp3) is 0.385. The van der Waals surface area contributed by atoms with Crippen LogP contribution in [-0.4, -0.2) is 24.5 Å². The molecular formula is C13H20N4O. The molecule has 0 aliphatic carbocycles. The van der Waals surface area contributed by atoms with Gasteiger partial charge in [-0.05, 0) is 45.0 Å². The number of nitrogens with one attached hydrogen (secondary N) is 2. The molecule has 1 rings (SSSR count). The van der Waals surface area contributed by atoms with Crippen LogP contribution in [0.2, 0.25) is 0 Å². The highest BCUT2D eigenvalue weighted by atomic mass is 16.2. The summed E-state index contributed by atoms with van der Waals surface area (Å²) in [7, 11) is 1.70. The number of urea groups is 1. The van der Waals surface area contributed by atoms with Crippen LogP contribution in [0.1, 0.15) is 26.3 Å². The van der Waals surface area contributed by atoms with Crippen LogP contribution in [0, 0.1) is 5.41 Å². The zero-order valence-electron chi connectivity index (χ0n) is 11.2. The number of hydrogen-bond donors (Lipinski definition) is 3. The number of carbonyl (C=O) groups is 1. The Morgan fingerprint density at radius 2 is 1.78 bits per heavy atom. The molecule has 18 heavy (non-hydrogen) atoms. The van der Waals surface area contributed by atoms with Crippen LogP contribution in [-0.2, 0) is 0 Å². The molecule has 0 aromatic heterocycles. The summed E-state index contributed by atoms with van der Waals surface area (Å²) in [6.07, 6.45) is 0. The van der Waals surface area contributed by atoms with E-state index in [9.17, 15) is 4.79 Å². The molecule has 5 heteroatoms. The van der Waals surface area contributed by atoms with Crippen molar-refractivity contribution < 1.29 is 4.79 Å². The third-order valence-corrected chi connectivity index (χ3v) is 2.35. The lowest BCUT2D eigenvalue weighted by atomic mass is 10.1. The molecule has 98 valence electrons. The topological polar surface area (TPSA) is 82.2 Å². The number of hydrogen-bond acceptors (Lipinski definition) is 2. The van der Waals surface area contributed by atoms with E-state index in [0.29, 0.717) is 5.56 Å². The first-order valence-electron chi connectivity index (χ1n) is 5.71. The minimum absolute atomic E-state index is 0.0170. The second-order valence-corrected chi connectivity index (χ2v) is 5.20. The first-order valence-corrected chi connectivity index (χ1v) is 5.71. The first kappa shape index (κ1) is 14.0. The molecule has 5 nitrogen and oxygen atoms in total. The van der Waals surface area contributed by atoms with E-state index < -0.39 is 0 Å². The van der Waals surface area contributed by atoms with Crippen molar-refractivity contribution in [1.29, 1.82) is 5.41 Å². The Hall–Kier alpha value is -2.04. The van der Waals surface area contributed by atoms with Crippen molar-refractivity contribution in [3.8, 4) is 0 Å². The van der Waals surface area contributed by atoms with Crippen LogP contribution in [0.3, 0.4) is 0 Å². The number of amidine groups is 1. The van der Waals surface area contributed by atoms with Crippen LogP contribution in [0.25, 0.3) is 0 Å². The number of carbonyl (C=O) groups excluding carboxylic acids is 1. The molecule has 0 heterocycles. The van der Waals surface area contributed by atoms with Crippen molar-refractivity contribution in [2.75, 3.05) is 11.9 Å². The van der Waals surface area contributed by atoms with Gasteiger partial charge in [0.25, 0.3) is 0 Å². The lowest BCUT2D eigenvalue weighted by molar-refractivity contribution is 0.239. The van der Waals surface area contributed by atoms with Gasteiger partial charge in [0.2, 0.25) is 0 Å². The largest absolute Gasteiger partial charge is 0.384 e. The molecule has 1 aromatic rings. The van der Waals surface area contributed by atoms with Gasteiger partial charge in [0, 0.05) is 23.8 Å². The molecule has 0 aliphatic heterocycles. The van der Waals surface area contributed by atoms with E-state index in [0.717, 1.165) is 5.69 Å². The van der Waals surface area contributed by atoms with Gasteiger partial charge >= 0.3 is 6.03 Å². The van der Waals surface area contributed by atoms with Crippen molar-refractivity contribution >= 4 is 17.6 Å². The van der Waals surface area contributed by atoms with E-state index in [1.54, 1.807) is 31.3 Å². The van der Waals surface area contributed by atoms with Gasteiger partial charge < -0.3 is 11.1 Å². The maximum absolute atomic E-state index is 11.9. The van der Waals surface area contributed by atoms with Crippen LogP contribution < -0.4 is 16.0 Å². The number of rotatable bonds is 2. The lowest BCUT2D eigenvalue weighted by Crippen LogP contribution is -2.47. The summed E-state index contributed by atoms with van der Waals surface area (Å²) in [5, 5.41) is 10.2. The molecule has 0 unspecified atom stereocenters. The number of benzene rings is 1. The Labute approximate surface area is 107 Å². The zero-order valence-corrected chi connectivity index (χ0v) is 11.2. The van der Waals surface area contributed by atoms with Crippen LogP contribution in [0.4, 0.5) is 10.5 Å². The molecule has 0 spiro atoms. The maximum Gasteiger partial charge on any atom is 0.322 e. The van der Waals surface area contributed by atoms with Gasteiger partial charge in [0.15, 0.2) is 0 Å². The number of amides is 2. The number of anilines is 1. The Bertz CT molecular complexity index is 445. The van der Waals surface area contributed by atoms with E-state index in [4.69, 9.17) is 11.1 Å². The fourth-order valence-electron chi connectivity index (χ4n) is 1.39. The van der Waals surface area contributed by atoms with Crippen LogP contribution in [0.15, 0.2) is 24.3 Å². The van der Waals surface area contributed by atoms with Crippen LogP contribution >= 0.6 is 0 Å². The smallest absolute Gasteiger partial charge is 0.322 e. The Kier molecular flexibility index (Phi) is 3.96. The third kappa shape index (κ3) is 3.76. The predicted molar refractivity (Wildman–Crippen MR) is 74.1 cm³/mol. The SMILES string of the molecule is CN(C(=O)NC(C)(C)C)c1ccc(C(=N)N)cc1. The average molecular weight is 248 g/mol. The maximum atomic E-state index is 11.9. The van der Waals surface area contributed by atoms with Gasteiger partial charge in [-0.3, -0.25) is 10.3 Å². The van der Waals surface area contributed by atoms with E-state index in [2.05, 4.69) is 5.32 Å². The highest BCUT2D eigenvalue weighted by Crippen LogP contribution is 2.14. The quantitative estimate of drug-likeness (QED) is 0.552. The molecule has 1 aromatic carbocycles. The van der Waals surface area contributed by atoms with Gasteiger partial charge in [-0.1, -0.05) is 0 Å². The Balaban J connectivity index is 2.81. The van der Waals surface area contributed by atoms with E-state index in [1.807, 2.05) is 20.8 Å². The highest BCUT2D eigenvalue weighted by Gasteiger charge is 2.17. The number of nitrogen functional groups attached to an aromatic ring is 1. The second kappa shape index (κ2) is 5.08. The monoisotopic (exact) mass is 248 g/mol. The summed E-state index contributed by atoms with van der Waals surface area (Å²) < 4.78 is 0. The number of nitrogens with two attached hydrogens (primary N) is 1. The molecule has 2 amide bonds. The summed E-state index contributed by atoms with van der Waals surface area (Å²) in [4.78, 5) is 13.4. The molecule has 0 bridgehead atoms. The fourth-order valence-corrected chi connectivity index (χ4v) is 1.39. The summed E-state index contributed by atoms with van der Waals surface area (Å²) in [6.45, 7) is 5.78. The van der Waals surface area contributed by atoms with Gasteiger partial charge in [0.05, 0.1) is 0 Å². The van der Waals surface area contributed by atoms with Gasteiger partial charge in [-0.2, -0.15) is 0 Å². The summed E-state index contributed by atoms with van der Waals surface area (Å²) >= 11 is 0. The van der Waals surface area contributed by atoms with Crippen molar-refractivity contribution in [1.82, 2.24) is 5.32 Å².